The van der Waals surface area contributed by atoms with Crippen molar-refractivity contribution in [3.63, 3.8) is 0 Å². The second kappa shape index (κ2) is 6.28. The monoisotopic (exact) mass is 309 g/mol. The van der Waals surface area contributed by atoms with Gasteiger partial charge in [-0.1, -0.05) is 0 Å². The van der Waals surface area contributed by atoms with Gasteiger partial charge in [-0.15, -0.1) is 0 Å². The zero-order valence-electron chi connectivity index (χ0n) is 12.3. The Morgan fingerprint density at radius 3 is 2.43 bits per heavy atom. The van der Waals surface area contributed by atoms with Gasteiger partial charge in [-0.25, -0.2) is 18.1 Å². The van der Waals surface area contributed by atoms with E-state index in [4.69, 9.17) is 4.42 Å². The van der Waals surface area contributed by atoms with Crippen LogP contribution in [0.4, 0.5) is 5.69 Å². The predicted octanol–water partition coefficient (Wildman–Crippen LogP) is 2.28. The highest BCUT2D eigenvalue weighted by molar-refractivity contribution is 7.89. The standard InChI is InChI=1S/C14H19N3O3S/c1-10(2)17-21(18,19)13-6-4-12(5-7-13)15-9-14-16-8-11(3)20-14/h4-8,10,15,17H,9H2,1-3H3. The molecule has 0 amide bonds. The minimum atomic E-state index is -3.45. The van der Waals surface area contributed by atoms with Crippen molar-refractivity contribution in [3.8, 4) is 0 Å². The third kappa shape index (κ3) is 4.30. The molecule has 6 nitrogen and oxygen atoms in total. The molecule has 0 spiro atoms. The topological polar surface area (TPSA) is 84.2 Å². The van der Waals surface area contributed by atoms with Crippen LogP contribution in [0.3, 0.4) is 0 Å². The lowest BCUT2D eigenvalue weighted by Crippen LogP contribution is -2.30. The van der Waals surface area contributed by atoms with Gasteiger partial charge >= 0.3 is 0 Å². The molecule has 0 atom stereocenters. The van der Waals surface area contributed by atoms with Gasteiger partial charge < -0.3 is 9.73 Å². The second-order valence-corrected chi connectivity index (χ2v) is 6.73. The second-order valence-electron chi connectivity index (χ2n) is 5.02. The molecule has 1 aromatic heterocycles. The molecule has 0 aliphatic rings. The normalized spacial score (nSPS) is 11.8. The Hall–Kier alpha value is -1.86. The van der Waals surface area contributed by atoms with Crippen molar-refractivity contribution in [2.75, 3.05) is 5.32 Å². The number of aryl methyl sites for hydroxylation is 1. The highest BCUT2D eigenvalue weighted by atomic mass is 32.2. The minimum absolute atomic E-state index is 0.138. The summed E-state index contributed by atoms with van der Waals surface area (Å²) in [6.45, 7) is 5.85. The Bertz CT molecular complexity index is 691. The van der Waals surface area contributed by atoms with Gasteiger partial charge in [-0.05, 0) is 45.0 Å². The molecule has 2 N–H and O–H groups in total. The Morgan fingerprint density at radius 1 is 1.24 bits per heavy atom. The highest BCUT2D eigenvalue weighted by Gasteiger charge is 2.14. The molecule has 2 rings (SSSR count). The van der Waals surface area contributed by atoms with Gasteiger partial charge in [-0.2, -0.15) is 0 Å². The number of aromatic nitrogens is 1. The molecule has 7 heteroatoms. The number of nitrogens with one attached hydrogen (secondary N) is 2. The first-order valence-corrected chi connectivity index (χ1v) is 8.13. The van der Waals surface area contributed by atoms with Gasteiger partial charge in [0.1, 0.15) is 5.76 Å². The number of hydrogen-bond donors (Lipinski definition) is 2. The average molecular weight is 309 g/mol. The largest absolute Gasteiger partial charge is 0.444 e. The van der Waals surface area contributed by atoms with E-state index in [1.807, 2.05) is 6.92 Å². The summed E-state index contributed by atoms with van der Waals surface area (Å²) >= 11 is 0. The summed E-state index contributed by atoms with van der Waals surface area (Å²) < 4.78 is 31.8. The third-order valence-electron chi connectivity index (χ3n) is 2.67. The van der Waals surface area contributed by atoms with Crippen LogP contribution in [0.25, 0.3) is 0 Å². The molecule has 0 aliphatic carbocycles. The summed E-state index contributed by atoms with van der Waals surface area (Å²) in [4.78, 5) is 4.33. The number of anilines is 1. The van der Waals surface area contributed by atoms with E-state index in [0.29, 0.717) is 12.4 Å². The van der Waals surface area contributed by atoms with Crippen LogP contribution in [0.15, 0.2) is 39.8 Å². The van der Waals surface area contributed by atoms with Crippen molar-refractivity contribution in [1.29, 1.82) is 0 Å². The van der Waals surface area contributed by atoms with Crippen molar-refractivity contribution < 1.29 is 12.8 Å². The van der Waals surface area contributed by atoms with Crippen molar-refractivity contribution >= 4 is 15.7 Å². The maximum atomic E-state index is 12.0. The molecule has 0 radical (unpaired) electrons. The molecule has 0 fully saturated rings. The van der Waals surface area contributed by atoms with Crippen molar-refractivity contribution in [2.45, 2.75) is 38.3 Å². The van der Waals surface area contributed by atoms with E-state index in [1.54, 1.807) is 44.3 Å². The first-order chi connectivity index (χ1) is 9.87. The van der Waals surface area contributed by atoms with Crippen LogP contribution in [0.5, 0.6) is 0 Å². The van der Waals surface area contributed by atoms with Gasteiger partial charge in [0.15, 0.2) is 0 Å². The first-order valence-electron chi connectivity index (χ1n) is 6.64. The quantitative estimate of drug-likeness (QED) is 0.855. The smallest absolute Gasteiger partial charge is 0.240 e. The average Bonchev–Trinajstić information content (AvgIpc) is 2.81. The van der Waals surface area contributed by atoms with E-state index < -0.39 is 10.0 Å². The van der Waals surface area contributed by atoms with Gasteiger partial charge in [0, 0.05) is 11.7 Å². The summed E-state index contributed by atoms with van der Waals surface area (Å²) in [7, 11) is -3.45. The molecule has 1 aromatic carbocycles. The number of rotatable bonds is 6. The fourth-order valence-electron chi connectivity index (χ4n) is 1.79. The molecule has 21 heavy (non-hydrogen) atoms. The molecule has 114 valence electrons. The number of hydrogen-bond acceptors (Lipinski definition) is 5. The van der Waals surface area contributed by atoms with Crippen LogP contribution < -0.4 is 10.0 Å². The molecule has 2 aromatic rings. The summed E-state index contributed by atoms with van der Waals surface area (Å²) in [6.07, 6.45) is 1.66. The van der Waals surface area contributed by atoms with Gasteiger partial charge in [0.25, 0.3) is 0 Å². The Kier molecular flexibility index (Phi) is 4.64. The Morgan fingerprint density at radius 2 is 1.90 bits per heavy atom. The van der Waals surface area contributed by atoms with Crippen LogP contribution in [-0.4, -0.2) is 19.4 Å². The number of sulfonamides is 1. The zero-order chi connectivity index (χ0) is 15.5. The van der Waals surface area contributed by atoms with E-state index in [2.05, 4.69) is 15.0 Å². The lowest BCUT2D eigenvalue weighted by atomic mass is 10.3. The SMILES string of the molecule is Cc1cnc(CNc2ccc(S(=O)(=O)NC(C)C)cc2)o1. The summed E-state index contributed by atoms with van der Waals surface area (Å²) in [5, 5.41) is 3.12. The van der Waals surface area contributed by atoms with E-state index in [0.717, 1.165) is 11.4 Å². The van der Waals surface area contributed by atoms with Crippen molar-refractivity contribution in [1.82, 2.24) is 9.71 Å². The van der Waals surface area contributed by atoms with Gasteiger partial charge in [-0.3, -0.25) is 0 Å². The predicted molar refractivity (Wildman–Crippen MR) is 80.5 cm³/mol. The third-order valence-corrected chi connectivity index (χ3v) is 4.34. The van der Waals surface area contributed by atoms with E-state index in [-0.39, 0.29) is 10.9 Å². The van der Waals surface area contributed by atoms with E-state index >= 15 is 0 Å². The van der Waals surface area contributed by atoms with Crippen LogP contribution in [0, 0.1) is 6.92 Å². The molecule has 0 bridgehead atoms. The fourth-order valence-corrected chi connectivity index (χ4v) is 3.04. The lowest BCUT2D eigenvalue weighted by Gasteiger charge is -2.10. The molecule has 0 saturated heterocycles. The molecule has 0 aliphatic heterocycles. The van der Waals surface area contributed by atoms with Gasteiger partial charge in [0.2, 0.25) is 15.9 Å². The lowest BCUT2D eigenvalue weighted by molar-refractivity contribution is 0.479. The molecular weight excluding hydrogens is 290 g/mol. The molecule has 1 heterocycles. The Labute approximate surface area is 124 Å². The number of benzene rings is 1. The van der Waals surface area contributed by atoms with Gasteiger partial charge in [0.05, 0.1) is 17.6 Å². The van der Waals surface area contributed by atoms with Crippen LogP contribution >= 0.6 is 0 Å². The number of oxazole rings is 1. The van der Waals surface area contributed by atoms with Crippen molar-refractivity contribution in [3.05, 3.63) is 42.1 Å². The first kappa shape index (κ1) is 15.5. The Balaban J connectivity index is 2.02. The highest BCUT2D eigenvalue weighted by Crippen LogP contribution is 2.15. The maximum Gasteiger partial charge on any atom is 0.240 e. The van der Waals surface area contributed by atoms with Crippen molar-refractivity contribution in [2.24, 2.45) is 0 Å². The summed E-state index contributed by atoms with van der Waals surface area (Å²) in [5.41, 5.74) is 0.800. The van der Waals surface area contributed by atoms with Crippen LogP contribution in [-0.2, 0) is 16.6 Å². The molecule has 0 unspecified atom stereocenters. The summed E-state index contributed by atoms with van der Waals surface area (Å²) in [6, 6.07) is 6.41. The summed E-state index contributed by atoms with van der Waals surface area (Å²) in [5.74, 6) is 1.35. The van der Waals surface area contributed by atoms with E-state index in [1.165, 1.54) is 0 Å². The maximum absolute atomic E-state index is 12.0. The number of nitrogens with zero attached hydrogens (tertiary/aromatic N) is 1. The molecule has 0 saturated carbocycles. The van der Waals surface area contributed by atoms with Crippen LogP contribution in [0.2, 0.25) is 0 Å². The van der Waals surface area contributed by atoms with E-state index in [9.17, 15) is 8.42 Å². The minimum Gasteiger partial charge on any atom is -0.444 e. The van der Waals surface area contributed by atoms with Crippen LogP contribution in [0.1, 0.15) is 25.5 Å². The zero-order valence-corrected chi connectivity index (χ0v) is 13.1. The fraction of sp³-hybridized carbons (Fsp3) is 0.357. The molecular formula is C14H19N3O3S.